The fraction of sp³-hybridized carbons (Fsp3) is 0.667. The lowest BCUT2D eigenvalue weighted by Gasteiger charge is -2.21. The largest absolute Gasteiger partial charge is 0.394 e. The van der Waals surface area contributed by atoms with Crippen molar-refractivity contribution in [3.63, 3.8) is 0 Å². The summed E-state index contributed by atoms with van der Waals surface area (Å²) in [6, 6.07) is 0. The van der Waals surface area contributed by atoms with Gasteiger partial charge < -0.3 is 30.5 Å². The van der Waals surface area contributed by atoms with Crippen LogP contribution in [0.4, 0.5) is 5.82 Å². The third-order valence-electron chi connectivity index (χ3n) is 3.96. The summed E-state index contributed by atoms with van der Waals surface area (Å²) in [5.74, 6) is 0.857. The standard InChI is InChI=1S/C12H20N5O5/c1-13-12-14-9-6(10(21)15-12)16(2)4-17(9)11-8(20)7(19)5(3-18)22-11/h4-5,7-8,10-11,18-21H,3H2,1-2H3,(H2,13,14,15)/q+1/t5-,7?,8+,10?,11-/m1/s1. The maximum Gasteiger partial charge on any atom is 0.271 e. The number of hydrogen-bond donors (Lipinski definition) is 6. The van der Waals surface area contributed by atoms with Crippen LogP contribution in [0.15, 0.2) is 11.3 Å². The summed E-state index contributed by atoms with van der Waals surface area (Å²) in [6.07, 6.45) is -3.50. The van der Waals surface area contributed by atoms with Crippen LogP contribution in [0.5, 0.6) is 0 Å². The number of fused-ring (bicyclic) bond motifs is 1. The monoisotopic (exact) mass is 314 g/mol. The minimum atomic E-state index is -1.20. The number of ether oxygens (including phenoxy) is 1. The molecule has 6 N–H and O–H groups in total. The highest BCUT2D eigenvalue weighted by atomic mass is 16.6. The van der Waals surface area contributed by atoms with E-state index in [-0.39, 0.29) is 0 Å². The zero-order valence-electron chi connectivity index (χ0n) is 12.2. The molecule has 2 unspecified atom stereocenters. The highest BCUT2D eigenvalue weighted by Gasteiger charge is 2.48. The number of guanidine groups is 1. The van der Waals surface area contributed by atoms with Gasteiger partial charge >= 0.3 is 0 Å². The summed E-state index contributed by atoms with van der Waals surface area (Å²) in [6.45, 7) is -0.399. The van der Waals surface area contributed by atoms with Gasteiger partial charge in [-0.05, 0) is 0 Å². The molecule has 122 valence electrons. The van der Waals surface area contributed by atoms with Gasteiger partial charge in [-0.25, -0.2) is 14.9 Å². The number of aliphatic hydroxyl groups is 4. The molecule has 1 aromatic heterocycles. The lowest BCUT2D eigenvalue weighted by Crippen LogP contribution is -2.50. The Bertz CT molecular complexity index is 603. The van der Waals surface area contributed by atoms with Crippen LogP contribution < -0.4 is 15.2 Å². The third kappa shape index (κ3) is 2.16. The van der Waals surface area contributed by atoms with Gasteiger partial charge in [-0.3, -0.25) is 4.57 Å². The van der Waals surface area contributed by atoms with E-state index in [4.69, 9.17) is 4.74 Å². The number of nitrogens with zero attached hydrogens (tertiary/aromatic N) is 3. The van der Waals surface area contributed by atoms with Crippen molar-refractivity contribution in [2.45, 2.75) is 30.8 Å². The van der Waals surface area contributed by atoms with Crippen LogP contribution >= 0.6 is 0 Å². The highest BCUT2D eigenvalue weighted by Crippen LogP contribution is 2.29. The number of aromatic nitrogens is 2. The Morgan fingerprint density at radius 2 is 2.09 bits per heavy atom. The average molecular weight is 314 g/mol. The molecule has 1 aromatic rings. The third-order valence-corrected chi connectivity index (χ3v) is 3.96. The van der Waals surface area contributed by atoms with Crippen molar-refractivity contribution in [2.24, 2.45) is 12.0 Å². The van der Waals surface area contributed by atoms with Crippen molar-refractivity contribution in [1.82, 2.24) is 9.88 Å². The summed E-state index contributed by atoms with van der Waals surface area (Å²) < 4.78 is 8.75. The van der Waals surface area contributed by atoms with Gasteiger partial charge in [-0.2, -0.15) is 0 Å². The lowest BCUT2D eigenvalue weighted by atomic mass is 10.1. The van der Waals surface area contributed by atoms with E-state index >= 15 is 0 Å². The highest BCUT2D eigenvalue weighted by molar-refractivity contribution is 5.94. The number of aliphatic hydroxyl groups excluding tert-OH is 4. The molecule has 0 spiro atoms. The molecule has 0 aromatic carbocycles. The lowest BCUT2D eigenvalue weighted by molar-refractivity contribution is -0.753. The summed E-state index contributed by atoms with van der Waals surface area (Å²) in [4.78, 5) is 3.96. The van der Waals surface area contributed by atoms with Crippen LogP contribution in [0, 0.1) is 0 Å². The van der Waals surface area contributed by atoms with E-state index in [1.165, 1.54) is 0 Å². The van der Waals surface area contributed by atoms with Gasteiger partial charge in [0.05, 0.1) is 13.7 Å². The molecule has 2 aliphatic heterocycles. The molecular formula is C12H20N5O5+. The first-order chi connectivity index (χ1) is 10.5. The first-order valence-corrected chi connectivity index (χ1v) is 6.89. The Morgan fingerprint density at radius 3 is 2.68 bits per heavy atom. The van der Waals surface area contributed by atoms with Crippen molar-refractivity contribution in [3.05, 3.63) is 12.0 Å². The molecule has 10 nitrogen and oxygen atoms in total. The number of aliphatic imine (C=N–C) groups is 1. The number of nitrogens with one attached hydrogen (secondary N) is 2. The molecule has 3 rings (SSSR count). The molecule has 0 saturated carbocycles. The average Bonchev–Trinajstić information content (AvgIpc) is 2.98. The molecule has 22 heavy (non-hydrogen) atoms. The van der Waals surface area contributed by atoms with Crippen LogP contribution in [0.3, 0.4) is 0 Å². The van der Waals surface area contributed by atoms with E-state index < -0.39 is 37.4 Å². The van der Waals surface area contributed by atoms with E-state index in [1.807, 2.05) is 0 Å². The van der Waals surface area contributed by atoms with Gasteiger partial charge in [0.2, 0.25) is 6.23 Å². The quantitative estimate of drug-likeness (QED) is 0.319. The van der Waals surface area contributed by atoms with Gasteiger partial charge in [-0.1, -0.05) is 0 Å². The van der Waals surface area contributed by atoms with E-state index in [9.17, 15) is 20.4 Å². The smallest absolute Gasteiger partial charge is 0.271 e. The fourth-order valence-corrected chi connectivity index (χ4v) is 2.83. The van der Waals surface area contributed by atoms with Gasteiger partial charge in [0.15, 0.2) is 18.2 Å². The molecule has 2 aliphatic rings. The van der Waals surface area contributed by atoms with Crippen LogP contribution in [0.2, 0.25) is 0 Å². The van der Waals surface area contributed by atoms with E-state index in [2.05, 4.69) is 15.6 Å². The van der Waals surface area contributed by atoms with Crippen LogP contribution in [0.25, 0.3) is 0 Å². The van der Waals surface area contributed by atoms with Crippen LogP contribution in [-0.4, -0.2) is 62.9 Å². The van der Waals surface area contributed by atoms with Gasteiger partial charge in [0.1, 0.15) is 18.3 Å². The predicted octanol–water partition coefficient (Wildman–Crippen LogP) is -3.08. The topological polar surface area (TPSA) is 135 Å². The Kier molecular flexibility index (Phi) is 3.78. The Hall–Kier alpha value is -1.72. The van der Waals surface area contributed by atoms with E-state index in [0.29, 0.717) is 17.5 Å². The molecule has 0 aliphatic carbocycles. The number of aryl methyl sites for hydroxylation is 1. The zero-order valence-corrected chi connectivity index (χ0v) is 12.2. The van der Waals surface area contributed by atoms with Crippen molar-refractivity contribution in [3.8, 4) is 0 Å². The van der Waals surface area contributed by atoms with Crippen molar-refractivity contribution in [1.29, 1.82) is 0 Å². The Labute approximate surface area is 126 Å². The van der Waals surface area contributed by atoms with Crippen molar-refractivity contribution >= 4 is 11.8 Å². The summed E-state index contributed by atoms with van der Waals surface area (Å²) in [5, 5.41) is 45.2. The SMILES string of the molecule is CN=C1Nc2c(n(C)c[n+]2[C@@H]2O[C@H](CO)C(O)[C@@H]2O)C(O)N1. The Morgan fingerprint density at radius 1 is 1.36 bits per heavy atom. The van der Waals surface area contributed by atoms with Crippen molar-refractivity contribution in [2.75, 3.05) is 19.0 Å². The minimum Gasteiger partial charge on any atom is -0.394 e. The second-order valence-corrected chi connectivity index (χ2v) is 5.34. The second-order valence-electron chi connectivity index (χ2n) is 5.34. The number of imidazole rings is 1. The van der Waals surface area contributed by atoms with Gasteiger partial charge in [-0.15, -0.1) is 0 Å². The molecule has 0 radical (unpaired) electrons. The molecule has 10 heteroatoms. The van der Waals surface area contributed by atoms with E-state index in [0.717, 1.165) is 0 Å². The zero-order chi connectivity index (χ0) is 16.0. The number of hydrogen-bond acceptors (Lipinski definition) is 6. The molecular weight excluding hydrogens is 294 g/mol. The predicted molar refractivity (Wildman–Crippen MR) is 73.7 cm³/mol. The first kappa shape index (κ1) is 15.2. The Balaban J connectivity index is 2.01. The molecule has 0 amide bonds. The van der Waals surface area contributed by atoms with Gasteiger partial charge in [0, 0.05) is 7.05 Å². The molecule has 1 saturated heterocycles. The van der Waals surface area contributed by atoms with Crippen LogP contribution in [-0.2, 0) is 11.8 Å². The first-order valence-electron chi connectivity index (χ1n) is 6.89. The summed E-state index contributed by atoms with van der Waals surface area (Å²) >= 11 is 0. The minimum absolute atomic E-state index is 0.367. The number of anilines is 1. The summed E-state index contributed by atoms with van der Waals surface area (Å²) in [5.41, 5.74) is 0.533. The maximum atomic E-state index is 10.2. The molecule has 3 heterocycles. The van der Waals surface area contributed by atoms with Gasteiger partial charge in [0.25, 0.3) is 11.8 Å². The summed E-state index contributed by atoms with van der Waals surface area (Å²) in [7, 11) is 3.30. The normalized spacial score (nSPS) is 36.1. The molecule has 5 atom stereocenters. The van der Waals surface area contributed by atoms with Crippen LogP contribution in [0.1, 0.15) is 18.1 Å². The number of rotatable bonds is 2. The maximum absolute atomic E-state index is 10.2. The molecule has 0 bridgehead atoms. The molecule has 1 fully saturated rings. The van der Waals surface area contributed by atoms with Crippen molar-refractivity contribution < 1.29 is 29.7 Å². The second kappa shape index (κ2) is 5.48. The fourth-order valence-electron chi connectivity index (χ4n) is 2.83. The van der Waals surface area contributed by atoms with E-state index in [1.54, 1.807) is 29.6 Å².